The second-order valence-corrected chi connectivity index (χ2v) is 15.1. The maximum absolute atomic E-state index is 16.8. The molecule has 2 aromatic heterocycles. The molecule has 0 saturated carbocycles. The second kappa shape index (κ2) is 15.7. The summed E-state index contributed by atoms with van der Waals surface area (Å²) in [6, 6.07) is 19.5. The first kappa shape index (κ1) is 37.3. The molecule has 1 aliphatic heterocycles. The predicted octanol–water partition coefficient (Wildman–Crippen LogP) is 8.68. The summed E-state index contributed by atoms with van der Waals surface area (Å²) >= 11 is 9.20. The maximum Gasteiger partial charge on any atom is 0.410 e. The molecule has 6 rings (SSSR count). The largest absolute Gasteiger partial charge is 0.497 e. The van der Waals surface area contributed by atoms with E-state index in [0.29, 0.717) is 62.0 Å². The molecule has 0 atom stereocenters. The van der Waals surface area contributed by atoms with Gasteiger partial charge in [0.05, 0.1) is 30.5 Å². The molecule has 0 bridgehead atoms. The van der Waals surface area contributed by atoms with Gasteiger partial charge in [0.1, 0.15) is 40.6 Å². The third kappa shape index (κ3) is 8.28. The lowest BCUT2D eigenvalue weighted by atomic mass is 10.0. The molecule has 0 spiro atoms. The molecule has 0 N–H and O–H groups in total. The number of hydrogen-bond acceptors (Lipinski definition) is 9. The number of halogens is 3. The van der Waals surface area contributed by atoms with Gasteiger partial charge in [-0.15, -0.1) is 0 Å². The van der Waals surface area contributed by atoms with Crippen molar-refractivity contribution in [1.82, 2.24) is 19.9 Å². The van der Waals surface area contributed by atoms with Crippen LogP contribution in [-0.4, -0.2) is 71.9 Å². The van der Waals surface area contributed by atoms with E-state index in [4.69, 9.17) is 30.8 Å². The van der Waals surface area contributed by atoms with E-state index in [2.05, 4.69) is 37.5 Å². The van der Waals surface area contributed by atoms with Crippen LogP contribution in [0.4, 0.5) is 20.8 Å². The average Bonchev–Trinajstić information content (AvgIpc) is 3.12. The van der Waals surface area contributed by atoms with Gasteiger partial charge in [0.2, 0.25) is 0 Å². The number of carbonyl (C=O) groups is 1. The average molecular weight is 839 g/mol. The summed E-state index contributed by atoms with van der Waals surface area (Å²) in [7, 11) is 3.29. The Morgan fingerprint density at radius 1 is 0.923 bits per heavy atom. The van der Waals surface area contributed by atoms with Crippen molar-refractivity contribution in [3.05, 3.63) is 98.1 Å². The highest BCUT2D eigenvalue weighted by atomic mass is 127. The van der Waals surface area contributed by atoms with Crippen molar-refractivity contribution in [2.75, 3.05) is 50.2 Å². The standard InChI is InChI=1S/C39H41ClFIN6O4/c1-24-19-31(48(21-25-7-11-27(50-5)12-8-25)22-26-9-13-28(51-6)14-10-26)45-36(34(24)42)32-30(40)20-29-35(33(32)41)43-23-44-37(29)46-15-17-47(18-16-46)38(49)52-39(2,3)4/h7-14,19-20,23H,15-18,21-22H2,1-6H3. The molecule has 3 aromatic carbocycles. The van der Waals surface area contributed by atoms with E-state index in [1.165, 1.54) is 6.33 Å². The number of piperazine rings is 1. The van der Waals surface area contributed by atoms with Crippen molar-refractivity contribution in [3.63, 3.8) is 0 Å². The van der Waals surface area contributed by atoms with Gasteiger partial charge in [-0.3, -0.25) is 0 Å². The van der Waals surface area contributed by atoms with Gasteiger partial charge in [0, 0.05) is 48.2 Å². The lowest BCUT2D eigenvalue weighted by Gasteiger charge is -2.36. The van der Waals surface area contributed by atoms with Gasteiger partial charge in [-0.2, -0.15) is 0 Å². The minimum absolute atomic E-state index is 0.146. The van der Waals surface area contributed by atoms with E-state index in [9.17, 15) is 4.79 Å². The second-order valence-electron chi connectivity index (χ2n) is 13.6. The van der Waals surface area contributed by atoms with E-state index in [-0.39, 0.29) is 22.2 Å². The Hall–Kier alpha value is -4.43. The zero-order valence-electron chi connectivity index (χ0n) is 30.0. The summed E-state index contributed by atoms with van der Waals surface area (Å²) in [5.74, 6) is 2.19. The Morgan fingerprint density at radius 3 is 2.04 bits per heavy atom. The van der Waals surface area contributed by atoms with Gasteiger partial charge >= 0.3 is 6.09 Å². The van der Waals surface area contributed by atoms with Crippen LogP contribution in [0.3, 0.4) is 0 Å². The monoisotopic (exact) mass is 838 g/mol. The van der Waals surface area contributed by atoms with E-state index in [1.807, 2.05) is 87.2 Å². The number of nitrogens with zero attached hydrogens (tertiary/aromatic N) is 6. The highest BCUT2D eigenvalue weighted by Gasteiger charge is 2.29. The lowest BCUT2D eigenvalue weighted by Crippen LogP contribution is -2.50. The molecule has 13 heteroatoms. The normalized spacial score (nSPS) is 13.3. The molecule has 1 fully saturated rings. The van der Waals surface area contributed by atoms with Crippen LogP contribution in [0, 0.1) is 16.3 Å². The number of pyridine rings is 1. The number of ether oxygens (including phenoxy) is 3. The lowest BCUT2D eigenvalue weighted by molar-refractivity contribution is 0.0240. The molecular weight excluding hydrogens is 798 g/mol. The van der Waals surface area contributed by atoms with Gasteiger partial charge in [-0.25, -0.2) is 24.1 Å². The van der Waals surface area contributed by atoms with Gasteiger partial charge in [0.15, 0.2) is 5.82 Å². The maximum atomic E-state index is 16.8. The molecule has 1 amide bonds. The molecular formula is C39H41ClFIN6O4. The fourth-order valence-corrected chi connectivity index (χ4v) is 6.93. The van der Waals surface area contributed by atoms with Crippen LogP contribution in [0.25, 0.3) is 22.2 Å². The molecule has 0 aliphatic carbocycles. The molecule has 0 radical (unpaired) electrons. The van der Waals surface area contributed by atoms with Crippen molar-refractivity contribution in [1.29, 1.82) is 0 Å². The Balaban J connectivity index is 1.36. The van der Waals surface area contributed by atoms with E-state index in [0.717, 1.165) is 31.8 Å². The third-order valence-electron chi connectivity index (χ3n) is 8.78. The van der Waals surface area contributed by atoms with Gasteiger partial charge in [0.25, 0.3) is 0 Å². The Morgan fingerprint density at radius 2 is 1.50 bits per heavy atom. The number of amides is 1. The van der Waals surface area contributed by atoms with Crippen LogP contribution >= 0.6 is 34.2 Å². The van der Waals surface area contributed by atoms with Gasteiger partial charge in [-0.1, -0.05) is 35.9 Å². The van der Waals surface area contributed by atoms with Crippen molar-refractivity contribution in [2.45, 2.75) is 46.4 Å². The highest BCUT2D eigenvalue weighted by Crippen LogP contribution is 2.40. The van der Waals surface area contributed by atoms with E-state index >= 15 is 4.39 Å². The van der Waals surface area contributed by atoms with Crippen molar-refractivity contribution >= 4 is 62.8 Å². The first-order valence-corrected chi connectivity index (χ1v) is 18.3. The molecule has 272 valence electrons. The molecule has 0 unspecified atom stereocenters. The first-order valence-electron chi connectivity index (χ1n) is 16.9. The zero-order valence-corrected chi connectivity index (χ0v) is 33.0. The first-order chi connectivity index (χ1) is 24.8. The van der Waals surface area contributed by atoms with Crippen molar-refractivity contribution < 1.29 is 23.4 Å². The summed E-state index contributed by atoms with van der Waals surface area (Å²) < 4.78 is 33.9. The minimum Gasteiger partial charge on any atom is -0.497 e. The number of aromatic nitrogens is 3. The number of rotatable bonds is 9. The summed E-state index contributed by atoms with van der Waals surface area (Å²) in [4.78, 5) is 32.5. The smallest absolute Gasteiger partial charge is 0.410 e. The van der Waals surface area contributed by atoms with E-state index in [1.54, 1.807) is 25.2 Å². The number of aryl methyl sites for hydroxylation is 1. The number of benzene rings is 3. The SMILES string of the molecule is COc1ccc(CN(Cc2ccc(OC)cc2)c2cc(C)c(I)c(-c3c(Cl)cc4c(N5CCN(C(=O)OC(C)(C)C)CC5)ncnc4c3F)n2)cc1. The van der Waals surface area contributed by atoms with Crippen LogP contribution in [0.2, 0.25) is 5.02 Å². The summed E-state index contributed by atoms with van der Waals surface area (Å²) in [5, 5.41) is 0.690. The number of methoxy groups -OCH3 is 2. The van der Waals surface area contributed by atoms with Crippen LogP contribution in [0.15, 0.2) is 67.0 Å². The molecule has 1 aliphatic rings. The molecule has 5 aromatic rings. The predicted molar refractivity (Wildman–Crippen MR) is 211 cm³/mol. The van der Waals surface area contributed by atoms with Crippen LogP contribution in [0.5, 0.6) is 11.5 Å². The zero-order chi connectivity index (χ0) is 37.2. The van der Waals surface area contributed by atoms with Crippen LogP contribution in [-0.2, 0) is 17.8 Å². The fourth-order valence-electron chi connectivity index (χ4n) is 6.10. The quantitative estimate of drug-likeness (QED) is 0.135. The number of anilines is 2. The summed E-state index contributed by atoms with van der Waals surface area (Å²) in [6.45, 7) is 10.4. The topological polar surface area (TPSA) is 93.2 Å². The van der Waals surface area contributed by atoms with Crippen LogP contribution < -0.4 is 19.3 Å². The fraction of sp³-hybridized carbons (Fsp3) is 0.333. The molecule has 1 saturated heterocycles. The Labute approximate surface area is 322 Å². The molecule has 10 nitrogen and oxygen atoms in total. The Bertz CT molecular complexity index is 2020. The molecule has 3 heterocycles. The number of hydrogen-bond donors (Lipinski definition) is 0. The van der Waals surface area contributed by atoms with Crippen molar-refractivity contribution in [3.8, 4) is 22.8 Å². The summed E-state index contributed by atoms with van der Waals surface area (Å²) in [6.07, 6.45) is 1.01. The van der Waals surface area contributed by atoms with Gasteiger partial charge in [-0.05, 0) is 103 Å². The number of carbonyl (C=O) groups excluding carboxylic acids is 1. The molecule has 52 heavy (non-hydrogen) atoms. The number of fused-ring (bicyclic) bond motifs is 1. The third-order valence-corrected chi connectivity index (χ3v) is 10.4. The Kier molecular flexibility index (Phi) is 11.2. The van der Waals surface area contributed by atoms with Crippen molar-refractivity contribution in [2.24, 2.45) is 0 Å². The minimum atomic E-state index is -0.584. The van der Waals surface area contributed by atoms with Crippen LogP contribution in [0.1, 0.15) is 37.5 Å². The summed E-state index contributed by atoms with van der Waals surface area (Å²) in [5.41, 5.74) is 3.21. The van der Waals surface area contributed by atoms with Gasteiger partial charge < -0.3 is 28.9 Å². The highest BCUT2D eigenvalue weighted by molar-refractivity contribution is 14.1. The van der Waals surface area contributed by atoms with E-state index < -0.39 is 11.4 Å².